The van der Waals surface area contributed by atoms with Crippen molar-refractivity contribution in [1.82, 2.24) is 10.6 Å². The minimum Gasteiger partial charge on any atom is -0.480 e. The fourth-order valence-corrected chi connectivity index (χ4v) is 2.74. The zero-order chi connectivity index (χ0) is 17.1. The standard InChI is InChI=1S/C16H28N2O5/c1-2-3-9-23-16(22)17-11-14(19)18-13(15(20)21)10-12-7-5-4-6-8-12/h12-13H,2-11H2,1H3,(H,17,22)(H,18,19)(H,20,21). The molecule has 0 saturated heterocycles. The molecule has 0 spiro atoms. The molecule has 0 bridgehead atoms. The molecule has 132 valence electrons. The molecule has 0 aromatic rings. The van der Waals surface area contributed by atoms with Crippen molar-refractivity contribution in [1.29, 1.82) is 0 Å². The smallest absolute Gasteiger partial charge is 0.407 e. The van der Waals surface area contributed by atoms with E-state index < -0.39 is 24.0 Å². The summed E-state index contributed by atoms with van der Waals surface area (Å²) in [7, 11) is 0. The molecule has 0 heterocycles. The van der Waals surface area contributed by atoms with Gasteiger partial charge >= 0.3 is 12.1 Å². The number of hydrogen-bond donors (Lipinski definition) is 3. The van der Waals surface area contributed by atoms with Crippen LogP contribution >= 0.6 is 0 Å². The van der Waals surface area contributed by atoms with Gasteiger partial charge in [-0.3, -0.25) is 4.79 Å². The molecule has 1 fully saturated rings. The van der Waals surface area contributed by atoms with Gasteiger partial charge in [-0.15, -0.1) is 0 Å². The van der Waals surface area contributed by atoms with Crippen LogP contribution in [0, 0.1) is 5.92 Å². The number of amides is 2. The summed E-state index contributed by atoms with van der Waals surface area (Å²) in [5.41, 5.74) is 0. The highest BCUT2D eigenvalue weighted by molar-refractivity contribution is 5.86. The molecular weight excluding hydrogens is 300 g/mol. The van der Waals surface area contributed by atoms with Crippen molar-refractivity contribution in [3.8, 4) is 0 Å². The van der Waals surface area contributed by atoms with Crippen molar-refractivity contribution in [2.45, 2.75) is 64.3 Å². The first-order valence-corrected chi connectivity index (χ1v) is 8.45. The number of nitrogens with one attached hydrogen (secondary N) is 2. The molecule has 1 aliphatic rings. The zero-order valence-electron chi connectivity index (χ0n) is 13.8. The van der Waals surface area contributed by atoms with Gasteiger partial charge in [0.25, 0.3) is 0 Å². The highest BCUT2D eigenvalue weighted by atomic mass is 16.5. The van der Waals surface area contributed by atoms with Gasteiger partial charge in [0.05, 0.1) is 6.61 Å². The number of carbonyl (C=O) groups is 3. The highest BCUT2D eigenvalue weighted by Crippen LogP contribution is 2.27. The van der Waals surface area contributed by atoms with Crippen molar-refractivity contribution < 1.29 is 24.2 Å². The Labute approximate surface area is 137 Å². The molecule has 0 radical (unpaired) electrons. The van der Waals surface area contributed by atoms with Gasteiger partial charge in [-0.2, -0.15) is 0 Å². The Morgan fingerprint density at radius 2 is 1.91 bits per heavy atom. The van der Waals surface area contributed by atoms with Crippen LogP contribution < -0.4 is 10.6 Å². The Hall–Kier alpha value is -1.79. The Kier molecular flexibility index (Phi) is 9.09. The fraction of sp³-hybridized carbons (Fsp3) is 0.812. The summed E-state index contributed by atoms with van der Waals surface area (Å²) in [5, 5.41) is 14.0. The van der Waals surface area contributed by atoms with Gasteiger partial charge < -0.3 is 20.5 Å². The van der Waals surface area contributed by atoms with Gasteiger partial charge in [-0.25, -0.2) is 9.59 Å². The second-order valence-corrected chi connectivity index (χ2v) is 6.04. The van der Waals surface area contributed by atoms with E-state index in [0.717, 1.165) is 38.5 Å². The van der Waals surface area contributed by atoms with E-state index in [1.807, 2.05) is 6.92 Å². The number of alkyl carbamates (subject to hydrolysis) is 1. The lowest BCUT2D eigenvalue weighted by molar-refractivity contribution is -0.142. The van der Waals surface area contributed by atoms with Crippen LogP contribution in [0.15, 0.2) is 0 Å². The minimum atomic E-state index is -1.03. The van der Waals surface area contributed by atoms with Crippen LogP contribution in [0.4, 0.5) is 4.79 Å². The fourth-order valence-electron chi connectivity index (χ4n) is 2.74. The van der Waals surface area contributed by atoms with E-state index in [1.54, 1.807) is 0 Å². The quantitative estimate of drug-likeness (QED) is 0.562. The first-order valence-electron chi connectivity index (χ1n) is 8.45. The molecule has 0 aromatic carbocycles. The van der Waals surface area contributed by atoms with Gasteiger partial charge in [-0.1, -0.05) is 45.4 Å². The van der Waals surface area contributed by atoms with Crippen molar-refractivity contribution in [3.63, 3.8) is 0 Å². The molecule has 1 atom stereocenters. The predicted molar refractivity (Wildman–Crippen MR) is 85.0 cm³/mol. The molecule has 1 aliphatic carbocycles. The summed E-state index contributed by atoms with van der Waals surface area (Å²) < 4.78 is 4.86. The Bertz CT molecular complexity index is 394. The summed E-state index contributed by atoms with van der Waals surface area (Å²) in [5.74, 6) is -1.20. The van der Waals surface area contributed by atoms with E-state index in [1.165, 1.54) is 6.42 Å². The van der Waals surface area contributed by atoms with E-state index in [-0.39, 0.29) is 6.54 Å². The summed E-state index contributed by atoms with van der Waals surface area (Å²) in [6.45, 7) is 2.01. The SMILES string of the molecule is CCCCOC(=O)NCC(=O)NC(CC1CCCCC1)C(=O)O. The predicted octanol–water partition coefficient (Wildman–Crippen LogP) is 2.05. The van der Waals surface area contributed by atoms with E-state index in [4.69, 9.17) is 4.74 Å². The van der Waals surface area contributed by atoms with Gasteiger partial charge in [0.2, 0.25) is 5.91 Å². The van der Waals surface area contributed by atoms with Crippen molar-refractivity contribution in [2.24, 2.45) is 5.92 Å². The highest BCUT2D eigenvalue weighted by Gasteiger charge is 2.25. The molecule has 1 saturated carbocycles. The topological polar surface area (TPSA) is 105 Å². The maximum Gasteiger partial charge on any atom is 0.407 e. The average molecular weight is 328 g/mol. The van der Waals surface area contributed by atoms with Crippen LogP contribution in [-0.2, 0) is 14.3 Å². The van der Waals surface area contributed by atoms with Gasteiger partial charge in [0, 0.05) is 0 Å². The summed E-state index contributed by atoms with van der Waals surface area (Å²) in [4.78, 5) is 34.4. The molecular formula is C16H28N2O5. The van der Waals surface area contributed by atoms with E-state index >= 15 is 0 Å². The second kappa shape index (κ2) is 10.9. The number of hydrogen-bond acceptors (Lipinski definition) is 4. The summed E-state index contributed by atoms with van der Waals surface area (Å²) in [6, 6.07) is -0.900. The molecule has 7 heteroatoms. The maximum atomic E-state index is 11.8. The number of carboxylic acid groups (broad SMARTS) is 1. The Morgan fingerprint density at radius 1 is 1.22 bits per heavy atom. The number of rotatable bonds is 9. The maximum absolute atomic E-state index is 11.8. The third kappa shape index (κ3) is 8.42. The lowest BCUT2D eigenvalue weighted by atomic mass is 9.85. The minimum absolute atomic E-state index is 0.278. The molecule has 1 rings (SSSR count). The second-order valence-electron chi connectivity index (χ2n) is 6.04. The molecule has 7 nitrogen and oxygen atoms in total. The van der Waals surface area contributed by atoms with Crippen LogP contribution in [0.3, 0.4) is 0 Å². The summed E-state index contributed by atoms with van der Waals surface area (Å²) in [6.07, 6.45) is 6.94. The summed E-state index contributed by atoms with van der Waals surface area (Å²) >= 11 is 0. The largest absolute Gasteiger partial charge is 0.480 e. The van der Waals surface area contributed by atoms with E-state index in [0.29, 0.717) is 18.9 Å². The van der Waals surface area contributed by atoms with Crippen molar-refractivity contribution in [3.05, 3.63) is 0 Å². The Morgan fingerprint density at radius 3 is 2.52 bits per heavy atom. The van der Waals surface area contributed by atoms with Gasteiger partial charge in [0.15, 0.2) is 0 Å². The number of carboxylic acids is 1. The first kappa shape index (κ1) is 19.3. The molecule has 2 amide bonds. The number of aliphatic carboxylic acids is 1. The number of carbonyl (C=O) groups excluding carboxylic acids is 2. The molecule has 0 aliphatic heterocycles. The lowest BCUT2D eigenvalue weighted by Crippen LogP contribution is -2.46. The first-order chi connectivity index (χ1) is 11.0. The molecule has 3 N–H and O–H groups in total. The van der Waals surface area contributed by atoms with Crippen LogP contribution in [0.25, 0.3) is 0 Å². The molecule has 1 unspecified atom stereocenters. The number of unbranched alkanes of at least 4 members (excludes halogenated alkanes) is 1. The average Bonchev–Trinajstić information content (AvgIpc) is 2.53. The van der Waals surface area contributed by atoms with Crippen molar-refractivity contribution in [2.75, 3.05) is 13.2 Å². The number of ether oxygens (including phenoxy) is 1. The van der Waals surface area contributed by atoms with Gasteiger partial charge in [-0.05, 0) is 18.8 Å². The monoisotopic (exact) mass is 328 g/mol. The van der Waals surface area contributed by atoms with E-state index in [2.05, 4.69) is 10.6 Å². The lowest BCUT2D eigenvalue weighted by Gasteiger charge is -2.25. The normalized spacial score (nSPS) is 16.4. The van der Waals surface area contributed by atoms with Crippen LogP contribution in [0.1, 0.15) is 58.3 Å². The van der Waals surface area contributed by atoms with Crippen LogP contribution in [-0.4, -0.2) is 42.3 Å². The third-order valence-electron chi connectivity index (χ3n) is 4.05. The van der Waals surface area contributed by atoms with Gasteiger partial charge in [0.1, 0.15) is 12.6 Å². The third-order valence-corrected chi connectivity index (χ3v) is 4.05. The van der Waals surface area contributed by atoms with E-state index in [9.17, 15) is 19.5 Å². The molecule has 23 heavy (non-hydrogen) atoms. The molecule has 0 aromatic heterocycles. The Balaban J connectivity index is 2.30. The zero-order valence-corrected chi connectivity index (χ0v) is 13.8. The van der Waals surface area contributed by atoms with Crippen molar-refractivity contribution >= 4 is 18.0 Å². The van der Waals surface area contributed by atoms with Crippen LogP contribution in [0.2, 0.25) is 0 Å². The van der Waals surface area contributed by atoms with Crippen LogP contribution in [0.5, 0.6) is 0 Å².